The van der Waals surface area contributed by atoms with Crippen LogP contribution in [0.3, 0.4) is 0 Å². The lowest BCUT2D eigenvalue weighted by Crippen LogP contribution is -2.36. The van der Waals surface area contributed by atoms with E-state index in [4.69, 9.17) is 4.74 Å². The molecular formula is C11H19NO3. The number of carbonyl (C=O) groups excluding carboxylic acids is 2. The van der Waals surface area contributed by atoms with Gasteiger partial charge < -0.3 is 14.4 Å². The first-order valence-electron chi connectivity index (χ1n) is 5.20. The minimum Gasteiger partial charge on any atom is -0.444 e. The molecule has 0 radical (unpaired) electrons. The zero-order chi connectivity index (χ0) is 11.7. The quantitative estimate of drug-likeness (QED) is 0.624. The van der Waals surface area contributed by atoms with Crippen LogP contribution in [0.5, 0.6) is 0 Å². The maximum Gasteiger partial charge on any atom is 0.410 e. The topological polar surface area (TPSA) is 46.6 Å². The Labute approximate surface area is 90.6 Å². The number of aldehydes is 1. The van der Waals surface area contributed by atoms with Crippen LogP contribution in [-0.4, -0.2) is 36.0 Å². The Bertz CT molecular complexity index is 269. The molecule has 1 rings (SSSR count). The van der Waals surface area contributed by atoms with Crippen molar-refractivity contribution >= 4 is 12.4 Å². The fraction of sp³-hybridized carbons (Fsp3) is 0.818. The van der Waals surface area contributed by atoms with Crippen LogP contribution in [-0.2, 0) is 9.53 Å². The van der Waals surface area contributed by atoms with Crippen LogP contribution in [0.15, 0.2) is 0 Å². The summed E-state index contributed by atoms with van der Waals surface area (Å²) in [5, 5.41) is 0. The molecule has 15 heavy (non-hydrogen) atoms. The molecule has 4 heteroatoms. The Morgan fingerprint density at radius 3 is 2.47 bits per heavy atom. The van der Waals surface area contributed by atoms with E-state index in [0.29, 0.717) is 13.1 Å². The van der Waals surface area contributed by atoms with E-state index in [1.54, 1.807) is 4.90 Å². The largest absolute Gasteiger partial charge is 0.444 e. The third kappa shape index (κ3) is 3.22. The zero-order valence-electron chi connectivity index (χ0n) is 9.87. The average Bonchev–Trinajstić information content (AvgIpc) is 2.46. The lowest BCUT2D eigenvalue weighted by Gasteiger charge is -2.25. The predicted octanol–water partition coefficient (Wildman–Crippen LogP) is 1.83. The van der Waals surface area contributed by atoms with Crippen LogP contribution in [0.2, 0.25) is 0 Å². The molecule has 1 saturated heterocycles. The minimum atomic E-state index is -0.475. The van der Waals surface area contributed by atoms with E-state index < -0.39 is 11.0 Å². The van der Waals surface area contributed by atoms with Crippen molar-refractivity contribution in [2.75, 3.05) is 13.1 Å². The second-order valence-electron chi connectivity index (χ2n) is 5.42. The van der Waals surface area contributed by atoms with Crippen LogP contribution < -0.4 is 0 Å². The highest BCUT2D eigenvalue weighted by molar-refractivity contribution is 5.71. The number of hydrogen-bond donors (Lipinski definition) is 0. The summed E-state index contributed by atoms with van der Waals surface area (Å²) in [6.07, 6.45) is 1.32. The van der Waals surface area contributed by atoms with Gasteiger partial charge in [0.05, 0.1) is 0 Å². The van der Waals surface area contributed by atoms with E-state index in [1.165, 1.54) is 0 Å². The maximum absolute atomic E-state index is 11.7. The predicted molar refractivity (Wildman–Crippen MR) is 56.6 cm³/mol. The molecule has 0 spiro atoms. The molecular weight excluding hydrogens is 194 g/mol. The number of nitrogens with zero attached hydrogens (tertiary/aromatic N) is 1. The fourth-order valence-corrected chi connectivity index (χ4v) is 1.56. The van der Waals surface area contributed by atoms with Gasteiger partial charge in [-0.25, -0.2) is 4.79 Å². The number of hydrogen-bond acceptors (Lipinski definition) is 3. The van der Waals surface area contributed by atoms with Gasteiger partial charge in [-0.15, -0.1) is 0 Å². The van der Waals surface area contributed by atoms with Crippen molar-refractivity contribution in [3.8, 4) is 0 Å². The summed E-state index contributed by atoms with van der Waals surface area (Å²) in [6.45, 7) is 8.43. The highest BCUT2D eigenvalue weighted by Crippen LogP contribution is 2.28. The van der Waals surface area contributed by atoms with Crippen LogP contribution in [0.1, 0.15) is 34.1 Å². The monoisotopic (exact) mass is 213 g/mol. The lowest BCUT2D eigenvalue weighted by molar-refractivity contribution is -0.114. The summed E-state index contributed by atoms with van der Waals surface area (Å²) in [5.74, 6) is 0. The SMILES string of the molecule is CC(C)(C)OC(=O)N1CC[C@@](C)(C=O)C1. The molecule has 0 aromatic rings. The Kier molecular flexibility index (Phi) is 3.07. The first-order valence-corrected chi connectivity index (χ1v) is 5.20. The first-order chi connectivity index (χ1) is 6.76. The summed E-state index contributed by atoms with van der Waals surface area (Å²) in [4.78, 5) is 24.1. The van der Waals surface area contributed by atoms with Crippen molar-refractivity contribution in [3.63, 3.8) is 0 Å². The molecule has 0 aliphatic carbocycles. The van der Waals surface area contributed by atoms with Gasteiger partial charge in [-0.05, 0) is 27.2 Å². The molecule has 0 aromatic carbocycles. The first kappa shape index (κ1) is 12.0. The smallest absolute Gasteiger partial charge is 0.410 e. The Balaban J connectivity index is 2.54. The highest BCUT2D eigenvalue weighted by Gasteiger charge is 2.37. The Morgan fingerprint density at radius 2 is 2.07 bits per heavy atom. The molecule has 0 bridgehead atoms. The molecule has 1 amide bonds. The third-order valence-corrected chi connectivity index (χ3v) is 2.44. The third-order valence-electron chi connectivity index (χ3n) is 2.44. The van der Waals surface area contributed by atoms with Crippen molar-refractivity contribution in [3.05, 3.63) is 0 Å². The average molecular weight is 213 g/mol. The highest BCUT2D eigenvalue weighted by atomic mass is 16.6. The molecule has 0 N–H and O–H groups in total. The van der Waals surface area contributed by atoms with Crippen molar-refractivity contribution in [1.82, 2.24) is 4.90 Å². The normalized spacial score (nSPS) is 26.5. The van der Waals surface area contributed by atoms with Crippen LogP contribution >= 0.6 is 0 Å². The van der Waals surface area contributed by atoms with Gasteiger partial charge in [0.15, 0.2) is 0 Å². The number of likely N-dealkylation sites (tertiary alicyclic amines) is 1. The molecule has 86 valence electrons. The summed E-state index contributed by atoms with van der Waals surface area (Å²) < 4.78 is 5.23. The molecule has 1 heterocycles. The van der Waals surface area contributed by atoms with E-state index in [2.05, 4.69) is 0 Å². The minimum absolute atomic E-state index is 0.326. The molecule has 4 nitrogen and oxygen atoms in total. The molecule has 0 saturated carbocycles. The number of ether oxygens (including phenoxy) is 1. The van der Waals surface area contributed by atoms with Crippen LogP contribution in [0.25, 0.3) is 0 Å². The molecule has 1 aliphatic heterocycles. The van der Waals surface area contributed by atoms with E-state index in [-0.39, 0.29) is 6.09 Å². The number of amides is 1. The molecule has 1 atom stereocenters. The molecule has 0 unspecified atom stereocenters. The summed E-state index contributed by atoms with van der Waals surface area (Å²) in [6, 6.07) is 0. The van der Waals surface area contributed by atoms with Gasteiger partial charge in [0.2, 0.25) is 0 Å². The van der Waals surface area contributed by atoms with Crippen LogP contribution in [0, 0.1) is 5.41 Å². The van der Waals surface area contributed by atoms with Crippen molar-refractivity contribution in [2.24, 2.45) is 5.41 Å². The summed E-state index contributed by atoms with van der Waals surface area (Å²) >= 11 is 0. The van der Waals surface area contributed by atoms with E-state index >= 15 is 0 Å². The summed E-state index contributed by atoms with van der Waals surface area (Å²) in [7, 11) is 0. The van der Waals surface area contributed by atoms with Crippen LogP contribution in [0.4, 0.5) is 4.79 Å². The fourth-order valence-electron chi connectivity index (χ4n) is 1.56. The standard InChI is InChI=1S/C11H19NO3/c1-10(2,3)15-9(14)12-6-5-11(4,7-12)8-13/h8H,5-7H2,1-4H3/t11-/m1/s1. The van der Waals surface area contributed by atoms with Gasteiger partial charge in [0.1, 0.15) is 11.9 Å². The van der Waals surface area contributed by atoms with Crippen molar-refractivity contribution in [2.45, 2.75) is 39.7 Å². The second-order valence-corrected chi connectivity index (χ2v) is 5.42. The molecule has 1 fully saturated rings. The Morgan fingerprint density at radius 1 is 1.47 bits per heavy atom. The lowest BCUT2D eigenvalue weighted by atomic mass is 9.92. The van der Waals surface area contributed by atoms with E-state index in [9.17, 15) is 9.59 Å². The number of rotatable bonds is 1. The second kappa shape index (κ2) is 3.83. The van der Waals surface area contributed by atoms with E-state index in [1.807, 2.05) is 27.7 Å². The van der Waals surface area contributed by atoms with Gasteiger partial charge in [-0.3, -0.25) is 0 Å². The molecule has 0 aromatic heterocycles. The van der Waals surface area contributed by atoms with Gasteiger partial charge in [-0.1, -0.05) is 6.92 Å². The Hall–Kier alpha value is -1.06. The summed E-state index contributed by atoms with van der Waals surface area (Å²) in [5.41, 5.74) is -0.867. The number of carbonyl (C=O) groups is 2. The van der Waals surface area contributed by atoms with Gasteiger partial charge >= 0.3 is 6.09 Å². The zero-order valence-corrected chi connectivity index (χ0v) is 9.87. The van der Waals surface area contributed by atoms with Gasteiger partial charge in [0, 0.05) is 18.5 Å². The molecule has 1 aliphatic rings. The van der Waals surface area contributed by atoms with Gasteiger partial charge in [-0.2, -0.15) is 0 Å². The maximum atomic E-state index is 11.7. The van der Waals surface area contributed by atoms with Crippen molar-refractivity contribution < 1.29 is 14.3 Å². The van der Waals surface area contributed by atoms with Crippen molar-refractivity contribution in [1.29, 1.82) is 0 Å². The van der Waals surface area contributed by atoms with Gasteiger partial charge in [0.25, 0.3) is 0 Å². The van der Waals surface area contributed by atoms with E-state index in [0.717, 1.165) is 12.7 Å².